The number of hydrogen-bond acceptors (Lipinski definition) is 6. The summed E-state index contributed by atoms with van der Waals surface area (Å²) in [5, 5.41) is 13.0. The first-order valence-corrected chi connectivity index (χ1v) is 9.67. The summed E-state index contributed by atoms with van der Waals surface area (Å²) < 4.78 is 81.0. The Bertz CT molecular complexity index is 1280. The zero-order valence-electron chi connectivity index (χ0n) is 18.1. The van der Waals surface area contributed by atoms with Gasteiger partial charge in [-0.2, -0.15) is 17.9 Å². The van der Waals surface area contributed by atoms with E-state index in [2.05, 4.69) is 10.1 Å². The van der Waals surface area contributed by atoms with E-state index < -0.39 is 53.2 Å². The van der Waals surface area contributed by atoms with Crippen molar-refractivity contribution in [2.45, 2.75) is 25.8 Å². The van der Waals surface area contributed by atoms with Gasteiger partial charge >= 0.3 is 11.9 Å². The smallest absolute Gasteiger partial charge is 0.425 e. The number of pyridine rings is 1. The third-order valence-corrected chi connectivity index (χ3v) is 4.79. The maximum atomic E-state index is 15.2. The SMILES string of the molecule is COc1ncccc1/C=C(\F)c1cc(F)c(-n2nc(CO)n(C)c2=O)cc1O[C@@H](C)C(F)(F)F. The third kappa shape index (κ3) is 4.93. The lowest BCUT2D eigenvalue weighted by molar-refractivity contribution is -0.189. The molecule has 0 fully saturated rings. The molecule has 34 heavy (non-hydrogen) atoms. The number of aliphatic hydroxyl groups excluding tert-OH is 1. The van der Waals surface area contributed by atoms with Gasteiger partial charge in [-0.3, -0.25) is 4.57 Å². The lowest BCUT2D eigenvalue weighted by Crippen LogP contribution is -2.31. The lowest BCUT2D eigenvalue weighted by Gasteiger charge is -2.20. The highest BCUT2D eigenvalue weighted by Crippen LogP contribution is 2.36. The molecule has 2 aromatic heterocycles. The minimum Gasteiger partial charge on any atom is -0.481 e. The first-order chi connectivity index (χ1) is 16.0. The minimum absolute atomic E-state index is 0.0254. The molecule has 0 saturated heterocycles. The number of ether oxygens (including phenoxy) is 2. The standard InChI is InChI=1S/C21H19F5N4O4/c1-11(21(24,25)26)34-17-9-16(30-20(32)29(2)18(10-31)28-30)15(23)8-13(17)14(22)7-12-5-4-6-27-19(12)33-3/h4-9,11,31H,10H2,1-3H3/b14-7-/t11-/m0/s1. The molecule has 0 saturated carbocycles. The van der Waals surface area contributed by atoms with Gasteiger partial charge in [-0.15, -0.1) is 5.10 Å². The Balaban J connectivity index is 2.20. The van der Waals surface area contributed by atoms with Crippen LogP contribution in [-0.4, -0.2) is 43.8 Å². The quantitative estimate of drug-likeness (QED) is 0.515. The van der Waals surface area contributed by atoms with Crippen molar-refractivity contribution in [2.75, 3.05) is 7.11 Å². The van der Waals surface area contributed by atoms with Gasteiger partial charge in [0.1, 0.15) is 29.7 Å². The van der Waals surface area contributed by atoms with E-state index in [1.165, 1.54) is 32.5 Å². The molecule has 0 radical (unpaired) electrons. The predicted octanol–water partition coefficient (Wildman–Crippen LogP) is 3.40. The van der Waals surface area contributed by atoms with Crippen molar-refractivity contribution in [3.8, 4) is 17.3 Å². The van der Waals surface area contributed by atoms with Gasteiger partial charge < -0.3 is 14.6 Å². The summed E-state index contributed by atoms with van der Waals surface area (Å²) in [6.07, 6.45) is -4.93. The summed E-state index contributed by atoms with van der Waals surface area (Å²) in [6, 6.07) is 4.22. The largest absolute Gasteiger partial charge is 0.481 e. The first-order valence-electron chi connectivity index (χ1n) is 9.67. The van der Waals surface area contributed by atoms with Gasteiger partial charge in [0.05, 0.1) is 12.7 Å². The van der Waals surface area contributed by atoms with Crippen molar-refractivity contribution >= 4 is 11.9 Å². The Kier molecular flexibility index (Phi) is 7.05. The fourth-order valence-corrected chi connectivity index (χ4v) is 2.92. The van der Waals surface area contributed by atoms with Crippen LogP contribution in [0.2, 0.25) is 0 Å². The van der Waals surface area contributed by atoms with Crippen LogP contribution < -0.4 is 15.2 Å². The number of aliphatic hydroxyl groups is 1. The number of rotatable bonds is 7. The maximum Gasteiger partial charge on any atom is 0.425 e. The van der Waals surface area contributed by atoms with E-state index in [-0.39, 0.29) is 17.3 Å². The second-order valence-corrected chi connectivity index (χ2v) is 7.02. The molecule has 0 aliphatic rings. The van der Waals surface area contributed by atoms with E-state index >= 15 is 4.39 Å². The van der Waals surface area contributed by atoms with E-state index in [4.69, 9.17) is 9.47 Å². The molecular formula is C21H19F5N4O4. The Morgan fingerprint density at radius 3 is 2.62 bits per heavy atom. The van der Waals surface area contributed by atoms with Crippen LogP contribution >= 0.6 is 0 Å². The van der Waals surface area contributed by atoms with E-state index in [0.29, 0.717) is 17.7 Å². The van der Waals surface area contributed by atoms with Gasteiger partial charge in [-0.1, -0.05) is 0 Å². The molecule has 2 heterocycles. The molecule has 0 spiro atoms. The molecule has 0 amide bonds. The molecule has 3 rings (SSSR count). The number of nitrogens with zero attached hydrogens (tertiary/aromatic N) is 4. The monoisotopic (exact) mass is 486 g/mol. The number of hydrogen-bond donors (Lipinski definition) is 1. The van der Waals surface area contributed by atoms with Gasteiger partial charge in [0.25, 0.3) is 0 Å². The lowest BCUT2D eigenvalue weighted by atomic mass is 10.1. The summed E-state index contributed by atoms with van der Waals surface area (Å²) in [5.74, 6) is -3.12. The molecule has 1 aromatic carbocycles. The van der Waals surface area contributed by atoms with E-state index in [1.807, 2.05) is 0 Å². The molecule has 3 aromatic rings. The number of aromatic nitrogens is 4. The zero-order valence-corrected chi connectivity index (χ0v) is 18.1. The molecule has 1 atom stereocenters. The van der Waals surface area contributed by atoms with Crippen molar-refractivity contribution in [1.82, 2.24) is 19.3 Å². The Labute approximate surface area is 189 Å². The fourth-order valence-electron chi connectivity index (χ4n) is 2.92. The van der Waals surface area contributed by atoms with Crippen molar-refractivity contribution in [2.24, 2.45) is 7.05 Å². The summed E-state index contributed by atoms with van der Waals surface area (Å²) in [7, 11) is 2.55. The number of benzene rings is 1. The summed E-state index contributed by atoms with van der Waals surface area (Å²) in [6.45, 7) is 0.0343. The molecule has 0 aliphatic carbocycles. The van der Waals surface area contributed by atoms with Crippen LogP contribution in [0, 0.1) is 5.82 Å². The highest BCUT2D eigenvalue weighted by Gasteiger charge is 2.38. The predicted molar refractivity (Wildman–Crippen MR) is 111 cm³/mol. The number of methoxy groups -OCH3 is 1. The highest BCUT2D eigenvalue weighted by atomic mass is 19.4. The summed E-state index contributed by atoms with van der Waals surface area (Å²) in [4.78, 5) is 16.3. The molecule has 1 N–H and O–H groups in total. The van der Waals surface area contributed by atoms with Crippen LogP contribution in [-0.2, 0) is 13.7 Å². The van der Waals surface area contributed by atoms with Gasteiger partial charge in [-0.05, 0) is 31.2 Å². The van der Waals surface area contributed by atoms with E-state index in [1.54, 1.807) is 0 Å². The van der Waals surface area contributed by atoms with Gasteiger partial charge in [0.15, 0.2) is 11.9 Å². The second kappa shape index (κ2) is 9.63. The molecule has 182 valence electrons. The van der Waals surface area contributed by atoms with Crippen LogP contribution in [0.15, 0.2) is 35.3 Å². The van der Waals surface area contributed by atoms with E-state index in [9.17, 15) is 27.5 Å². The minimum atomic E-state index is -4.82. The van der Waals surface area contributed by atoms with Crippen molar-refractivity contribution < 1.29 is 36.5 Å². The number of halogens is 5. The van der Waals surface area contributed by atoms with Crippen LogP contribution in [0.5, 0.6) is 11.6 Å². The molecule has 0 aliphatic heterocycles. The summed E-state index contributed by atoms with van der Waals surface area (Å²) in [5.41, 5.74) is -1.99. The van der Waals surface area contributed by atoms with Crippen molar-refractivity contribution in [1.29, 1.82) is 0 Å². The average Bonchev–Trinajstić information content (AvgIpc) is 3.08. The Morgan fingerprint density at radius 1 is 1.32 bits per heavy atom. The zero-order chi connectivity index (χ0) is 25.2. The van der Waals surface area contributed by atoms with Gasteiger partial charge in [-0.25, -0.2) is 18.6 Å². The average molecular weight is 486 g/mol. The normalized spacial score (nSPS) is 13.1. The van der Waals surface area contributed by atoms with Crippen LogP contribution in [0.25, 0.3) is 17.6 Å². The van der Waals surface area contributed by atoms with Crippen LogP contribution in [0.1, 0.15) is 23.9 Å². The first kappa shape index (κ1) is 24.9. The molecule has 0 bridgehead atoms. The fraction of sp³-hybridized carbons (Fsp3) is 0.286. The molecule has 13 heteroatoms. The highest BCUT2D eigenvalue weighted by molar-refractivity contribution is 5.81. The Hall–Kier alpha value is -3.74. The van der Waals surface area contributed by atoms with E-state index in [0.717, 1.165) is 16.7 Å². The summed E-state index contributed by atoms with van der Waals surface area (Å²) >= 11 is 0. The van der Waals surface area contributed by atoms with Crippen LogP contribution in [0.3, 0.4) is 0 Å². The molecular weight excluding hydrogens is 467 g/mol. The number of alkyl halides is 3. The molecule has 0 unspecified atom stereocenters. The van der Waals surface area contributed by atoms with Crippen molar-refractivity contribution in [3.05, 3.63) is 63.7 Å². The third-order valence-electron chi connectivity index (χ3n) is 4.79. The topological polar surface area (TPSA) is 91.4 Å². The Morgan fingerprint density at radius 2 is 2.03 bits per heavy atom. The van der Waals surface area contributed by atoms with Crippen LogP contribution in [0.4, 0.5) is 22.0 Å². The maximum absolute atomic E-state index is 15.2. The van der Waals surface area contributed by atoms with Gasteiger partial charge in [0, 0.05) is 24.9 Å². The molecule has 8 nitrogen and oxygen atoms in total. The second-order valence-electron chi connectivity index (χ2n) is 7.02. The van der Waals surface area contributed by atoms with Crippen molar-refractivity contribution in [3.63, 3.8) is 0 Å². The van der Waals surface area contributed by atoms with Gasteiger partial charge in [0.2, 0.25) is 5.88 Å².